The van der Waals surface area contributed by atoms with E-state index in [-0.39, 0.29) is 4.83 Å². The minimum atomic E-state index is 0.161. The quantitative estimate of drug-likeness (QED) is 0.705. The van der Waals surface area contributed by atoms with Crippen LogP contribution in [0.15, 0.2) is 42.5 Å². The van der Waals surface area contributed by atoms with Crippen LogP contribution in [0.2, 0.25) is 0 Å². The fourth-order valence-electron chi connectivity index (χ4n) is 2.16. The van der Waals surface area contributed by atoms with Gasteiger partial charge in [0.2, 0.25) is 0 Å². The van der Waals surface area contributed by atoms with Gasteiger partial charge in [-0.2, -0.15) is 0 Å². The van der Waals surface area contributed by atoms with Crippen LogP contribution in [0.3, 0.4) is 0 Å². The Morgan fingerprint density at radius 3 is 2.47 bits per heavy atom. The molecule has 0 N–H and O–H groups in total. The Bertz CT molecular complexity index is 563. The highest BCUT2D eigenvalue weighted by Gasteiger charge is 2.15. The van der Waals surface area contributed by atoms with Crippen molar-refractivity contribution in [2.45, 2.75) is 25.6 Å². The highest BCUT2D eigenvalue weighted by atomic mass is 79.9. The van der Waals surface area contributed by atoms with Gasteiger partial charge in [0.05, 0.1) is 11.4 Å². The molecule has 0 aliphatic rings. The predicted molar refractivity (Wildman–Crippen MR) is 84.3 cm³/mol. The lowest BCUT2D eigenvalue weighted by Crippen LogP contribution is -2.00. The Balaban J connectivity index is 2.42. The number of hydrogen-bond donors (Lipinski definition) is 0. The number of benzene rings is 2. The molecule has 1 atom stereocenters. The molecule has 0 bridgehead atoms. The molecule has 0 amide bonds. The molecule has 0 aliphatic carbocycles. The molecule has 0 saturated carbocycles. The van der Waals surface area contributed by atoms with Crippen molar-refractivity contribution in [1.82, 2.24) is 0 Å². The molecule has 100 valence electrons. The molecule has 0 radical (unpaired) electrons. The molecule has 0 aliphatic heterocycles. The zero-order valence-electron chi connectivity index (χ0n) is 11.6. The zero-order chi connectivity index (χ0) is 13.8. The summed E-state index contributed by atoms with van der Waals surface area (Å²) in [6.45, 7) is 6.92. The highest BCUT2D eigenvalue weighted by molar-refractivity contribution is 9.09. The highest BCUT2D eigenvalue weighted by Crippen LogP contribution is 2.37. The van der Waals surface area contributed by atoms with Gasteiger partial charge < -0.3 is 4.74 Å². The van der Waals surface area contributed by atoms with Gasteiger partial charge in [-0.05, 0) is 32.4 Å². The maximum atomic E-state index is 5.73. The van der Waals surface area contributed by atoms with Gasteiger partial charge in [0.15, 0.2) is 0 Å². The van der Waals surface area contributed by atoms with Crippen LogP contribution in [-0.2, 0) is 0 Å². The van der Waals surface area contributed by atoms with E-state index >= 15 is 0 Å². The largest absolute Gasteiger partial charge is 0.494 e. The van der Waals surface area contributed by atoms with Gasteiger partial charge in [0, 0.05) is 5.56 Å². The summed E-state index contributed by atoms with van der Waals surface area (Å²) in [5.74, 6) is 0.955. The molecule has 0 aromatic heterocycles. The second-order valence-corrected chi connectivity index (χ2v) is 5.67. The Labute approximate surface area is 123 Å². The molecule has 19 heavy (non-hydrogen) atoms. The maximum Gasteiger partial charge on any atom is 0.123 e. The normalized spacial score (nSPS) is 12.2. The number of halogens is 1. The Morgan fingerprint density at radius 2 is 1.79 bits per heavy atom. The van der Waals surface area contributed by atoms with Crippen LogP contribution in [0.1, 0.15) is 34.0 Å². The van der Waals surface area contributed by atoms with Crippen molar-refractivity contribution in [1.29, 1.82) is 0 Å². The van der Waals surface area contributed by atoms with E-state index in [9.17, 15) is 0 Å². The average Bonchev–Trinajstić information content (AvgIpc) is 2.40. The van der Waals surface area contributed by atoms with Crippen LogP contribution >= 0.6 is 15.9 Å². The van der Waals surface area contributed by atoms with Crippen molar-refractivity contribution in [3.63, 3.8) is 0 Å². The van der Waals surface area contributed by atoms with Gasteiger partial charge >= 0.3 is 0 Å². The summed E-state index contributed by atoms with van der Waals surface area (Å²) in [4.78, 5) is 0.161. The summed E-state index contributed by atoms with van der Waals surface area (Å²) in [7, 11) is 0. The monoisotopic (exact) mass is 318 g/mol. The SMILES string of the molecule is CCOc1ccc(C)cc1C(Br)c1cccc(C)c1. The molecule has 2 aromatic carbocycles. The first-order valence-corrected chi connectivity index (χ1v) is 7.47. The van der Waals surface area contributed by atoms with Crippen molar-refractivity contribution >= 4 is 15.9 Å². The fourth-order valence-corrected chi connectivity index (χ4v) is 2.80. The van der Waals surface area contributed by atoms with Crippen LogP contribution < -0.4 is 4.74 Å². The third-order valence-corrected chi connectivity index (χ3v) is 4.09. The molecule has 1 unspecified atom stereocenters. The standard InChI is InChI=1S/C17H19BrO/c1-4-19-16-9-8-13(3)11-15(16)17(18)14-7-5-6-12(2)10-14/h5-11,17H,4H2,1-3H3. The Hall–Kier alpha value is -1.28. The lowest BCUT2D eigenvalue weighted by atomic mass is 10.0. The summed E-state index contributed by atoms with van der Waals surface area (Å²) in [5.41, 5.74) is 4.96. The number of rotatable bonds is 4. The smallest absolute Gasteiger partial charge is 0.123 e. The van der Waals surface area contributed by atoms with Gasteiger partial charge in [-0.15, -0.1) is 0 Å². The van der Waals surface area contributed by atoms with Gasteiger partial charge in [-0.3, -0.25) is 0 Å². The van der Waals surface area contributed by atoms with Crippen LogP contribution in [0.4, 0.5) is 0 Å². The van der Waals surface area contributed by atoms with E-state index in [1.165, 1.54) is 22.3 Å². The lowest BCUT2D eigenvalue weighted by Gasteiger charge is -2.17. The van der Waals surface area contributed by atoms with E-state index in [0.717, 1.165) is 5.75 Å². The van der Waals surface area contributed by atoms with Gasteiger partial charge in [0.25, 0.3) is 0 Å². The molecule has 2 rings (SSSR count). The third-order valence-electron chi connectivity index (χ3n) is 3.07. The lowest BCUT2D eigenvalue weighted by molar-refractivity contribution is 0.337. The first kappa shape index (κ1) is 14.1. The van der Waals surface area contributed by atoms with E-state index in [2.05, 4.69) is 72.2 Å². The molecule has 0 spiro atoms. The second-order valence-electron chi connectivity index (χ2n) is 4.75. The van der Waals surface area contributed by atoms with Gasteiger partial charge in [-0.25, -0.2) is 0 Å². The van der Waals surface area contributed by atoms with Crippen molar-refractivity contribution in [2.75, 3.05) is 6.61 Å². The number of alkyl halides is 1. The van der Waals surface area contributed by atoms with Gasteiger partial charge in [-0.1, -0.05) is 63.5 Å². The summed E-state index contributed by atoms with van der Waals surface area (Å²) < 4.78 is 5.73. The second kappa shape index (κ2) is 6.25. The van der Waals surface area contributed by atoms with Crippen molar-refractivity contribution in [2.24, 2.45) is 0 Å². The predicted octanol–water partition coefficient (Wildman–Crippen LogP) is 5.19. The molecule has 2 aromatic rings. The van der Waals surface area contributed by atoms with Crippen LogP contribution in [0.5, 0.6) is 5.75 Å². The van der Waals surface area contributed by atoms with E-state index in [1.807, 2.05) is 6.92 Å². The zero-order valence-corrected chi connectivity index (χ0v) is 13.2. The van der Waals surface area contributed by atoms with E-state index < -0.39 is 0 Å². The molecular weight excluding hydrogens is 300 g/mol. The maximum absolute atomic E-state index is 5.73. The first-order valence-electron chi connectivity index (χ1n) is 6.55. The third kappa shape index (κ3) is 3.38. The number of ether oxygens (including phenoxy) is 1. The van der Waals surface area contributed by atoms with Crippen molar-refractivity contribution < 1.29 is 4.74 Å². The van der Waals surface area contributed by atoms with Crippen LogP contribution in [-0.4, -0.2) is 6.61 Å². The summed E-state index contributed by atoms with van der Waals surface area (Å²) in [5, 5.41) is 0. The van der Waals surface area contributed by atoms with Crippen molar-refractivity contribution in [3.8, 4) is 5.75 Å². The van der Waals surface area contributed by atoms with Crippen LogP contribution in [0.25, 0.3) is 0 Å². The Kier molecular flexibility index (Phi) is 4.65. The van der Waals surface area contributed by atoms with Crippen LogP contribution in [0, 0.1) is 13.8 Å². The minimum Gasteiger partial charge on any atom is -0.494 e. The van der Waals surface area contributed by atoms with E-state index in [1.54, 1.807) is 0 Å². The molecule has 2 heteroatoms. The molecule has 0 fully saturated rings. The number of aryl methyl sites for hydroxylation is 2. The van der Waals surface area contributed by atoms with E-state index in [4.69, 9.17) is 4.74 Å². The summed E-state index contributed by atoms with van der Waals surface area (Å²) >= 11 is 3.80. The number of hydrogen-bond acceptors (Lipinski definition) is 1. The molecular formula is C17H19BrO. The molecule has 0 heterocycles. The molecule has 1 nitrogen and oxygen atoms in total. The van der Waals surface area contributed by atoms with Crippen molar-refractivity contribution in [3.05, 3.63) is 64.7 Å². The molecule has 0 saturated heterocycles. The summed E-state index contributed by atoms with van der Waals surface area (Å²) in [6.07, 6.45) is 0. The van der Waals surface area contributed by atoms with Gasteiger partial charge in [0.1, 0.15) is 5.75 Å². The fraction of sp³-hybridized carbons (Fsp3) is 0.294. The first-order chi connectivity index (χ1) is 9.11. The minimum absolute atomic E-state index is 0.161. The summed E-state index contributed by atoms with van der Waals surface area (Å²) in [6, 6.07) is 14.9. The average molecular weight is 319 g/mol. The van der Waals surface area contributed by atoms with E-state index in [0.29, 0.717) is 6.61 Å². The topological polar surface area (TPSA) is 9.23 Å². The Morgan fingerprint density at radius 1 is 1.05 bits per heavy atom.